The van der Waals surface area contributed by atoms with E-state index >= 15 is 0 Å². The first kappa shape index (κ1) is 10.4. The molecule has 84 valence electrons. The molecule has 0 unspecified atom stereocenters. The Morgan fingerprint density at radius 2 is 2.19 bits per heavy atom. The first-order valence-corrected chi connectivity index (χ1v) is 4.85. The summed E-state index contributed by atoms with van der Waals surface area (Å²) < 4.78 is 0. The number of carbonyl (C=O) groups excluding carboxylic acids is 2. The van der Waals surface area contributed by atoms with Crippen LogP contribution in [0.1, 0.15) is 5.69 Å². The van der Waals surface area contributed by atoms with Crippen molar-refractivity contribution in [3.05, 3.63) is 23.9 Å². The number of aromatic nitrogens is 1. The predicted octanol–water partition coefficient (Wildman–Crippen LogP) is 0.0578. The molecular weight excluding hydrogens is 208 g/mol. The van der Waals surface area contributed by atoms with Gasteiger partial charge in [-0.15, -0.1) is 0 Å². The number of pyridine rings is 1. The fourth-order valence-electron chi connectivity index (χ4n) is 1.57. The fourth-order valence-corrected chi connectivity index (χ4v) is 1.57. The normalized spacial score (nSPS) is 16.1. The van der Waals surface area contributed by atoms with Crippen LogP contribution in [-0.2, 0) is 11.3 Å². The highest BCUT2D eigenvalue weighted by atomic mass is 16.2. The fraction of sp³-hybridized carbons (Fsp3) is 0.300. The van der Waals surface area contributed by atoms with Crippen LogP contribution in [0.2, 0.25) is 0 Å². The van der Waals surface area contributed by atoms with Gasteiger partial charge in [-0.2, -0.15) is 0 Å². The minimum atomic E-state index is -0.297. The number of imide groups is 1. The number of rotatable bonds is 2. The van der Waals surface area contributed by atoms with Crippen LogP contribution in [0.4, 0.5) is 10.6 Å². The molecule has 3 amide bonds. The molecule has 2 rings (SSSR count). The van der Waals surface area contributed by atoms with Gasteiger partial charge in [0.05, 0.1) is 12.2 Å². The molecule has 0 saturated carbocycles. The van der Waals surface area contributed by atoms with E-state index in [2.05, 4.69) is 4.98 Å². The van der Waals surface area contributed by atoms with E-state index in [9.17, 15) is 9.59 Å². The van der Waals surface area contributed by atoms with E-state index in [0.29, 0.717) is 11.5 Å². The summed E-state index contributed by atoms with van der Waals surface area (Å²) in [5.74, 6) is 0.168. The summed E-state index contributed by atoms with van der Waals surface area (Å²) in [6.07, 6.45) is 0. The van der Waals surface area contributed by atoms with Gasteiger partial charge in [0.1, 0.15) is 12.4 Å². The Morgan fingerprint density at radius 3 is 2.75 bits per heavy atom. The second kappa shape index (κ2) is 3.80. The molecule has 1 aromatic rings. The van der Waals surface area contributed by atoms with E-state index in [4.69, 9.17) is 5.73 Å². The van der Waals surface area contributed by atoms with Gasteiger partial charge in [0.2, 0.25) is 0 Å². The molecule has 1 fully saturated rings. The van der Waals surface area contributed by atoms with Gasteiger partial charge in [0.15, 0.2) is 0 Å². The zero-order valence-corrected chi connectivity index (χ0v) is 8.88. The smallest absolute Gasteiger partial charge is 0.327 e. The lowest BCUT2D eigenvalue weighted by molar-refractivity contribution is -0.125. The number of carbonyl (C=O) groups is 2. The van der Waals surface area contributed by atoms with Crippen molar-refractivity contribution in [2.75, 3.05) is 19.3 Å². The van der Waals surface area contributed by atoms with Crippen LogP contribution < -0.4 is 5.73 Å². The summed E-state index contributed by atoms with van der Waals surface area (Å²) in [5, 5.41) is 0. The van der Waals surface area contributed by atoms with Gasteiger partial charge in [0, 0.05) is 7.05 Å². The van der Waals surface area contributed by atoms with E-state index in [1.807, 2.05) is 0 Å². The number of nitrogens with two attached hydrogens (primary N) is 1. The maximum absolute atomic E-state index is 11.6. The van der Waals surface area contributed by atoms with Crippen LogP contribution >= 0.6 is 0 Å². The number of urea groups is 1. The first-order chi connectivity index (χ1) is 7.58. The highest BCUT2D eigenvalue weighted by molar-refractivity contribution is 6.01. The molecular formula is C10H12N4O2. The van der Waals surface area contributed by atoms with Crippen LogP contribution in [-0.4, -0.2) is 40.3 Å². The summed E-state index contributed by atoms with van der Waals surface area (Å²) >= 11 is 0. The summed E-state index contributed by atoms with van der Waals surface area (Å²) in [6.45, 7) is 0.300. The summed E-state index contributed by atoms with van der Waals surface area (Å²) in [6, 6.07) is 4.83. The van der Waals surface area contributed by atoms with E-state index in [1.165, 1.54) is 9.80 Å². The van der Waals surface area contributed by atoms with Gasteiger partial charge in [-0.3, -0.25) is 9.69 Å². The quantitative estimate of drug-likeness (QED) is 0.714. The van der Waals surface area contributed by atoms with Crippen molar-refractivity contribution >= 4 is 17.8 Å². The molecule has 1 aliphatic rings. The number of likely N-dealkylation sites (N-methyl/N-ethyl adjacent to an activating group) is 1. The highest BCUT2D eigenvalue weighted by Crippen LogP contribution is 2.12. The van der Waals surface area contributed by atoms with Crippen LogP contribution in [0.15, 0.2) is 18.2 Å². The van der Waals surface area contributed by atoms with Gasteiger partial charge in [0.25, 0.3) is 5.91 Å². The molecule has 6 nitrogen and oxygen atoms in total. The molecule has 1 aliphatic heterocycles. The molecule has 0 bridgehead atoms. The van der Waals surface area contributed by atoms with E-state index in [-0.39, 0.29) is 25.0 Å². The van der Waals surface area contributed by atoms with Crippen molar-refractivity contribution in [1.29, 1.82) is 0 Å². The molecule has 2 N–H and O–H groups in total. The van der Waals surface area contributed by atoms with E-state index in [1.54, 1.807) is 25.2 Å². The van der Waals surface area contributed by atoms with Gasteiger partial charge in [-0.25, -0.2) is 9.78 Å². The average Bonchev–Trinajstić information content (AvgIpc) is 2.45. The molecule has 0 aliphatic carbocycles. The maximum atomic E-state index is 11.6. The molecule has 2 heterocycles. The molecule has 0 aromatic carbocycles. The number of hydrogen-bond acceptors (Lipinski definition) is 4. The second-order valence-electron chi connectivity index (χ2n) is 3.67. The van der Waals surface area contributed by atoms with Crippen molar-refractivity contribution in [2.45, 2.75) is 6.54 Å². The predicted molar refractivity (Wildman–Crippen MR) is 57.2 cm³/mol. The Balaban J connectivity index is 2.16. The SMILES string of the molecule is CN1CC(=O)N(Cc2cccc(N)n2)C1=O. The lowest BCUT2D eigenvalue weighted by Crippen LogP contribution is -2.31. The molecule has 0 radical (unpaired) electrons. The molecule has 16 heavy (non-hydrogen) atoms. The van der Waals surface area contributed by atoms with Crippen molar-refractivity contribution in [1.82, 2.24) is 14.8 Å². The second-order valence-corrected chi connectivity index (χ2v) is 3.67. The topological polar surface area (TPSA) is 79.5 Å². The van der Waals surface area contributed by atoms with Crippen LogP contribution in [0.25, 0.3) is 0 Å². The standard InChI is InChI=1S/C10H12N4O2/c1-13-6-9(15)14(10(13)16)5-7-3-2-4-8(11)12-7/h2-4H,5-6H2,1H3,(H2,11,12). The Bertz CT molecular complexity index is 446. The zero-order chi connectivity index (χ0) is 11.7. The van der Waals surface area contributed by atoms with Gasteiger partial charge >= 0.3 is 6.03 Å². The Labute approximate surface area is 92.7 Å². The van der Waals surface area contributed by atoms with Crippen LogP contribution in [0, 0.1) is 0 Å². The summed E-state index contributed by atoms with van der Waals surface area (Å²) in [5.41, 5.74) is 6.13. The van der Waals surface area contributed by atoms with E-state index < -0.39 is 0 Å². The third-order valence-corrected chi connectivity index (χ3v) is 2.38. The maximum Gasteiger partial charge on any atom is 0.327 e. The van der Waals surface area contributed by atoms with Gasteiger partial charge < -0.3 is 10.6 Å². The van der Waals surface area contributed by atoms with Crippen LogP contribution in [0.5, 0.6) is 0 Å². The minimum Gasteiger partial charge on any atom is -0.384 e. The van der Waals surface area contributed by atoms with E-state index in [0.717, 1.165) is 0 Å². The van der Waals surface area contributed by atoms with Gasteiger partial charge in [-0.05, 0) is 12.1 Å². The minimum absolute atomic E-state index is 0.126. The Kier molecular flexibility index (Phi) is 2.47. The first-order valence-electron chi connectivity index (χ1n) is 4.85. The number of hydrogen-bond donors (Lipinski definition) is 1. The summed E-state index contributed by atoms with van der Waals surface area (Å²) in [4.78, 5) is 29.6. The van der Waals surface area contributed by atoms with Crippen molar-refractivity contribution in [2.24, 2.45) is 0 Å². The number of nitrogens with zero attached hydrogens (tertiary/aromatic N) is 3. The lowest BCUT2D eigenvalue weighted by Gasteiger charge is -2.13. The third kappa shape index (κ3) is 1.81. The Hall–Kier alpha value is -2.11. The van der Waals surface area contributed by atoms with Crippen molar-refractivity contribution in [3.8, 4) is 0 Å². The third-order valence-electron chi connectivity index (χ3n) is 2.38. The lowest BCUT2D eigenvalue weighted by atomic mass is 10.3. The highest BCUT2D eigenvalue weighted by Gasteiger charge is 2.33. The average molecular weight is 220 g/mol. The molecule has 1 aromatic heterocycles. The van der Waals surface area contributed by atoms with Crippen molar-refractivity contribution in [3.63, 3.8) is 0 Å². The zero-order valence-electron chi connectivity index (χ0n) is 8.88. The summed E-state index contributed by atoms with van der Waals surface area (Å²) in [7, 11) is 1.59. The van der Waals surface area contributed by atoms with Gasteiger partial charge in [-0.1, -0.05) is 6.07 Å². The Morgan fingerprint density at radius 1 is 1.44 bits per heavy atom. The van der Waals surface area contributed by atoms with Crippen LogP contribution in [0.3, 0.4) is 0 Å². The number of nitrogen functional groups attached to an aromatic ring is 1. The van der Waals surface area contributed by atoms with Crippen molar-refractivity contribution < 1.29 is 9.59 Å². The number of amides is 3. The molecule has 1 saturated heterocycles. The molecule has 0 spiro atoms. The monoisotopic (exact) mass is 220 g/mol. The molecule has 0 atom stereocenters. The largest absolute Gasteiger partial charge is 0.384 e. The molecule has 6 heteroatoms. The number of anilines is 1.